The summed E-state index contributed by atoms with van der Waals surface area (Å²) in [6.45, 7) is 4.87. The number of ether oxygens (including phenoxy) is 1. The number of carbonyl (C=O) groups excluding carboxylic acids is 2. The van der Waals surface area contributed by atoms with E-state index in [0.717, 1.165) is 77.0 Å². The Morgan fingerprint density at radius 2 is 0.828 bits per heavy atom. The van der Waals surface area contributed by atoms with Gasteiger partial charge in [0.1, 0.15) is 0 Å². The van der Waals surface area contributed by atoms with Crippen molar-refractivity contribution in [3.05, 3.63) is 48.6 Å². The van der Waals surface area contributed by atoms with Crippen LogP contribution in [0.3, 0.4) is 0 Å². The van der Waals surface area contributed by atoms with Crippen molar-refractivity contribution >= 4 is 11.9 Å². The van der Waals surface area contributed by atoms with Gasteiger partial charge >= 0.3 is 5.97 Å². The molecule has 374 valence electrons. The van der Waals surface area contributed by atoms with E-state index in [-0.39, 0.29) is 18.5 Å². The second-order valence-electron chi connectivity index (χ2n) is 18.9. The van der Waals surface area contributed by atoms with Gasteiger partial charge in [-0.25, -0.2) is 0 Å². The molecule has 6 heteroatoms. The standard InChI is InChI=1S/C58H107NO5/c1-3-5-7-9-11-13-15-16-17-21-25-28-32-36-40-44-48-52-58(63)64-53-49-45-41-37-33-29-26-23-20-18-19-22-24-27-31-35-39-43-47-51-57(62)59-55(54-60)56(61)50-46-42-38-34-30-14-12-10-8-6-4-2/h11,13,16-17,23,26,29,33,55-56,60-61H,3-10,12,14-15,18-22,24-25,27-28,30-32,34-54H2,1-2H3,(H,59,62)/b13-11-,17-16-,26-23-,33-29-. The number of amides is 1. The maximum Gasteiger partial charge on any atom is 0.305 e. The van der Waals surface area contributed by atoms with Gasteiger partial charge in [-0.1, -0.05) is 229 Å². The van der Waals surface area contributed by atoms with Crippen LogP contribution in [-0.4, -0.2) is 47.4 Å². The van der Waals surface area contributed by atoms with Crippen LogP contribution in [-0.2, 0) is 14.3 Å². The molecule has 0 radical (unpaired) electrons. The number of carbonyl (C=O) groups is 2. The molecule has 6 nitrogen and oxygen atoms in total. The summed E-state index contributed by atoms with van der Waals surface area (Å²) >= 11 is 0. The number of nitrogens with one attached hydrogen (secondary N) is 1. The quantitative estimate of drug-likeness (QED) is 0.0245. The van der Waals surface area contributed by atoms with Gasteiger partial charge in [-0.2, -0.15) is 0 Å². The van der Waals surface area contributed by atoms with Crippen molar-refractivity contribution in [2.24, 2.45) is 0 Å². The SMILES string of the molecule is CCCCC/C=C\C/C=C\CCCCCCCCCC(=O)OCCCCC/C=C\C=C/CCCCCCCCCCCCC(=O)NC(CO)C(O)CCCCCCCCCCCCC. The zero-order valence-corrected chi connectivity index (χ0v) is 42.5. The Morgan fingerprint density at radius 1 is 0.453 bits per heavy atom. The highest BCUT2D eigenvalue weighted by molar-refractivity contribution is 5.76. The van der Waals surface area contributed by atoms with Crippen molar-refractivity contribution in [1.82, 2.24) is 5.32 Å². The van der Waals surface area contributed by atoms with E-state index in [4.69, 9.17) is 4.74 Å². The number of allylic oxidation sites excluding steroid dienone is 8. The topological polar surface area (TPSA) is 95.9 Å². The van der Waals surface area contributed by atoms with Crippen LogP contribution in [0.1, 0.15) is 284 Å². The second kappa shape index (κ2) is 53.4. The third-order valence-corrected chi connectivity index (χ3v) is 12.6. The van der Waals surface area contributed by atoms with Gasteiger partial charge in [0.25, 0.3) is 0 Å². The molecule has 0 saturated heterocycles. The largest absolute Gasteiger partial charge is 0.466 e. The normalized spacial score (nSPS) is 13.0. The van der Waals surface area contributed by atoms with Crippen LogP contribution in [0.15, 0.2) is 48.6 Å². The summed E-state index contributed by atoms with van der Waals surface area (Å²) in [5, 5.41) is 23.2. The van der Waals surface area contributed by atoms with Gasteiger partial charge in [0, 0.05) is 12.8 Å². The molecule has 0 aliphatic rings. The van der Waals surface area contributed by atoms with Crippen molar-refractivity contribution < 1.29 is 24.5 Å². The zero-order chi connectivity index (χ0) is 46.5. The number of rotatable bonds is 51. The fourth-order valence-electron chi connectivity index (χ4n) is 8.31. The van der Waals surface area contributed by atoms with Gasteiger partial charge < -0.3 is 20.3 Å². The Morgan fingerprint density at radius 3 is 1.31 bits per heavy atom. The number of unbranched alkanes of at least 4 members (excludes halogenated alkanes) is 33. The average molecular weight is 898 g/mol. The fourth-order valence-corrected chi connectivity index (χ4v) is 8.31. The van der Waals surface area contributed by atoms with E-state index in [1.54, 1.807) is 0 Å². The Bertz CT molecular complexity index is 1080. The summed E-state index contributed by atoms with van der Waals surface area (Å²) in [5.41, 5.74) is 0. The molecular weight excluding hydrogens is 791 g/mol. The minimum absolute atomic E-state index is 0.0218. The van der Waals surface area contributed by atoms with Crippen molar-refractivity contribution in [3.63, 3.8) is 0 Å². The molecule has 2 unspecified atom stereocenters. The lowest BCUT2D eigenvalue weighted by molar-refractivity contribution is -0.143. The minimum Gasteiger partial charge on any atom is -0.466 e. The molecule has 0 spiro atoms. The van der Waals surface area contributed by atoms with Crippen LogP contribution in [0.5, 0.6) is 0 Å². The molecule has 2 atom stereocenters. The molecule has 0 aromatic carbocycles. The maximum atomic E-state index is 12.4. The molecule has 0 aromatic heterocycles. The van der Waals surface area contributed by atoms with E-state index >= 15 is 0 Å². The Kier molecular flexibility index (Phi) is 51.6. The van der Waals surface area contributed by atoms with Crippen molar-refractivity contribution in [1.29, 1.82) is 0 Å². The predicted octanol–water partition coefficient (Wildman–Crippen LogP) is 17.0. The fraction of sp³-hybridized carbons (Fsp3) is 0.828. The monoisotopic (exact) mass is 898 g/mol. The van der Waals surface area contributed by atoms with Crippen molar-refractivity contribution in [2.75, 3.05) is 13.2 Å². The van der Waals surface area contributed by atoms with Crippen LogP contribution >= 0.6 is 0 Å². The first-order valence-electron chi connectivity index (χ1n) is 27.9. The van der Waals surface area contributed by atoms with Crippen LogP contribution in [0.4, 0.5) is 0 Å². The van der Waals surface area contributed by atoms with Gasteiger partial charge in [-0.3, -0.25) is 9.59 Å². The molecule has 0 aliphatic carbocycles. The Hall–Kier alpha value is -2.18. The Balaban J connectivity index is 3.47. The van der Waals surface area contributed by atoms with Crippen LogP contribution < -0.4 is 5.32 Å². The van der Waals surface area contributed by atoms with E-state index in [2.05, 4.69) is 67.8 Å². The van der Waals surface area contributed by atoms with Gasteiger partial charge in [-0.05, 0) is 89.9 Å². The highest BCUT2D eigenvalue weighted by Gasteiger charge is 2.20. The first-order valence-corrected chi connectivity index (χ1v) is 27.9. The van der Waals surface area contributed by atoms with E-state index in [9.17, 15) is 19.8 Å². The average Bonchev–Trinajstić information content (AvgIpc) is 3.29. The first kappa shape index (κ1) is 61.8. The number of hydrogen-bond donors (Lipinski definition) is 3. The van der Waals surface area contributed by atoms with Crippen molar-refractivity contribution in [2.45, 2.75) is 296 Å². The third-order valence-electron chi connectivity index (χ3n) is 12.6. The lowest BCUT2D eigenvalue weighted by atomic mass is 10.0. The highest BCUT2D eigenvalue weighted by atomic mass is 16.5. The van der Waals surface area contributed by atoms with E-state index in [1.165, 1.54) is 173 Å². The first-order chi connectivity index (χ1) is 31.5. The summed E-state index contributed by atoms with van der Waals surface area (Å²) in [7, 11) is 0. The summed E-state index contributed by atoms with van der Waals surface area (Å²) in [6, 6.07) is -0.549. The molecule has 0 rings (SSSR count). The molecule has 0 saturated carbocycles. The molecule has 3 N–H and O–H groups in total. The molecule has 64 heavy (non-hydrogen) atoms. The van der Waals surface area contributed by atoms with Crippen LogP contribution in [0.2, 0.25) is 0 Å². The van der Waals surface area contributed by atoms with Gasteiger partial charge in [0.15, 0.2) is 0 Å². The third kappa shape index (κ3) is 49.3. The van der Waals surface area contributed by atoms with Crippen LogP contribution in [0.25, 0.3) is 0 Å². The molecule has 0 aliphatic heterocycles. The molecular formula is C58H107NO5. The second-order valence-corrected chi connectivity index (χ2v) is 18.9. The highest BCUT2D eigenvalue weighted by Crippen LogP contribution is 2.16. The lowest BCUT2D eigenvalue weighted by Crippen LogP contribution is -2.45. The van der Waals surface area contributed by atoms with Crippen molar-refractivity contribution in [3.8, 4) is 0 Å². The van der Waals surface area contributed by atoms with E-state index < -0.39 is 12.1 Å². The van der Waals surface area contributed by atoms with E-state index in [1.807, 2.05) is 0 Å². The Labute approximate surface area is 397 Å². The minimum atomic E-state index is -0.670. The summed E-state index contributed by atoms with van der Waals surface area (Å²) in [4.78, 5) is 24.5. The van der Waals surface area contributed by atoms with Crippen LogP contribution in [0, 0.1) is 0 Å². The molecule has 0 aromatic rings. The lowest BCUT2D eigenvalue weighted by Gasteiger charge is -2.22. The molecule has 0 heterocycles. The van der Waals surface area contributed by atoms with Gasteiger partial charge in [-0.15, -0.1) is 0 Å². The number of aliphatic hydroxyl groups is 2. The van der Waals surface area contributed by atoms with Gasteiger partial charge in [0.05, 0.1) is 25.4 Å². The molecule has 0 fully saturated rings. The number of aliphatic hydroxyl groups excluding tert-OH is 2. The smallest absolute Gasteiger partial charge is 0.305 e. The summed E-state index contributed by atoms with van der Waals surface area (Å²) in [5.74, 6) is -0.0687. The van der Waals surface area contributed by atoms with E-state index in [0.29, 0.717) is 25.9 Å². The summed E-state index contributed by atoms with van der Waals surface area (Å²) < 4.78 is 5.45. The summed E-state index contributed by atoms with van der Waals surface area (Å²) in [6.07, 6.45) is 66.7. The zero-order valence-electron chi connectivity index (χ0n) is 42.5. The molecule has 0 bridgehead atoms. The number of esters is 1. The number of hydrogen-bond acceptors (Lipinski definition) is 5. The predicted molar refractivity (Wildman–Crippen MR) is 278 cm³/mol. The molecule has 1 amide bonds. The maximum absolute atomic E-state index is 12.4. The van der Waals surface area contributed by atoms with Gasteiger partial charge in [0.2, 0.25) is 5.91 Å².